The van der Waals surface area contributed by atoms with E-state index in [1.807, 2.05) is 50.4 Å². The average molecular weight is 653 g/mol. The van der Waals surface area contributed by atoms with Crippen molar-refractivity contribution in [2.24, 2.45) is 5.92 Å². The third-order valence-corrected chi connectivity index (χ3v) is 9.35. The summed E-state index contributed by atoms with van der Waals surface area (Å²) in [5.41, 5.74) is 1.75. The van der Waals surface area contributed by atoms with Crippen LogP contribution in [-0.4, -0.2) is 69.3 Å². The number of hydrogen-bond donors (Lipinski definition) is 0. The number of aryl methyl sites for hydroxylation is 1. The minimum absolute atomic E-state index is 0.0510. The van der Waals surface area contributed by atoms with Crippen molar-refractivity contribution >= 4 is 38.9 Å². The fourth-order valence-corrected chi connectivity index (χ4v) is 6.88. The molecule has 1 unspecified atom stereocenters. The largest absolute Gasteiger partial charge is 0.487 e. The predicted octanol–water partition coefficient (Wildman–Crippen LogP) is 5.38. The van der Waals surface area contributed by atoms with Crippen LogP contribution in [0.25, 0.3) is 0 Å². The monoisotopic (exact) mass is 652 g/mol. The quantitative estimate of drug-likeness (QED) is 0.108. The zero-order chi connectivity index (χ0) is 30.8. The number of carbonyl (C=O) groups is 1. The number of benzene rings is 2. The van der Waals surface area contributed by atoms with Crippen LogP contribution in [0.15, 0.2) is 52.7 Å². The minimum atomic E-state index is -3.90. The molecular weight excluding hydrogens is 616 g/mol. The summed E-state index contributed by atoms with van der Waals surface area (Å²) in [7, 11) is -3.90. The Labute approximate surface area is 261 Å². The zero-order valence-corrected chi connectivity index (χ0v) is 26.9. The highest BCUT2D eigenvalue weighted by molar-refractivity contribution is 7.89. The molecule has 2 aromatic carbocycles. The number of alkyl halides is 1. The van der Waals surface area contributed by atoms with E-state index in [-0.39, 0.29) is 55.8 Å². The molecule has 43 heavy (non-hydrogen) atoms. The number of thiazole rings is 1. The fraction of sp³-hybridized carbons (Fsp3) is 0.467. The van der Waals surface area contributed by atoms with Crippen molar-refractivity contribution in [3.8, 4) is 17.2 Å². The van der Waals surface area contributed by atoms with Crippen molar-refractivity contribution in [1.82, 2.24) is 9.29 Å². The van der Waals surface area contributed by atoms with E-state index in [2.05, 4.69) is 4.98 Å². The first-order valence-electron chi connectivity index (χ1n) is 14.0. The number of esters is 1. The van der Waals surface area contributed by atoms with Gasteiger partial charge in [0.1, 0.15) is 19.0 Å². The number of aromatic nitrogens is 1. The first-order chi connectivity index (χ1) is 20.7. The Kier molecular flexibility index (Phi) is 12.1. The molecule has 0 saturated carbocycles. The average Bonchev–Trinajstić information content (AvgIpc) is 3.63. The fourth-order valence-electron chi connectivity index (χ4n) is 4.51. The molecule has 0 bridgehead atoms. The standard InChI is InChI=1S/C30H37ClN2O8S2/c1-21(2)15-33(43(35,36)27-8-9-28-29(14-27)41-20-40-28)16-24(10-12-38-30(34)18-37-13-11-31)23-4-6-26(7-5-23)39-17-25-19-42-22(3)32-25/h4-9,14,19,21,24H,10-13,15-18,20H2,1-3H3. The van der Waals surface area contributed by atoms with Gasteiger partial charge in [0, 0.05) is 36.3 Å². The van der Waals surface area contributed by atoms with E-state index in [9.17, 15) is 13.2 Å². The Morgan fingerprint density at radius 2 is 1.86 bits per heavy atom. The number of nitrogens with zero attached hydrogens (tertiary/aromatic N) is 2. The van der Waals surface area contributed by atoms with Crippen molar-refractivity contribution in [3.63, 3.8) is 0 Å². The summed E-state index contributed by atoms with van der Waals surface area (Å²) in [6, 6.07) is 12.2. The highest BCUT2D eigenvalue weighted by Gasteiger charge is 2.30. The van der Waals surface area contributed by atoms with Gasteiger partial charge in [-0.25, -0.2) is 18.2 Å². The molecule has 1 atom stereocenters. The number of rotatable bonds is 17. The Bertz CT molecular complexity index is 1450. The SMILES string of the molecule is Cc1nc(COc2ccc(C(CCOC(=O)COCCCl)CN(CC(C)C)S(=O)(=O)c3ccc4c(c3)OCO4)cc2)cs1. The summed E-state index contributed by atoms with van der Waals surface area (Å²) in [6.07, 6.45) is 0.394. The van der Waals surface area contributed by atoms with E-state index in [1.165, 1.54) is 16.4 Å². The molecule has 0 saturated heterocycles. The summed E-state index contributed by atoms with van der Waals surface area (Å²) in [5, 5.41) is 2.94. The van der Waals surface area contributed by atoms with Gasteiger partial charge in [0.2, 0.25) is 16.8 Å². The highest BCUT2D eigenvalue weighted by Crippen LogP contribution is 2.35. The van der Waals surface area contributed by atoms with E-state index in [0.29, 0.717) is 36.8 Å². The van der Waals surface area contributed by atoms with Gasteiger partial charge in [-0.3, -0.25) is 0 Å². The number of ether oxygens (including phenoxy) is 5. The molecule has 0 fully saturated rings. The second-order valence-corrected chi connectivity index (χ2v) is 13.8. The molecule has 0 spiro atoms. The first kappa shape index (κ1) is 33.0. The lowest BCUT2D eigenvalue weighted by Gasteiger charge is -2.29. The molecule has 4 rings (SSSR count). The molecule has 3 aromatic rings. The molecule has 13 heteroatoms. The third-order valence-electron chi connectivity index (χ3n) is 6.55. The molecular formula is C30H37ClN2O8S2. The predicted molar refractivity (Wildman–Crippen MR) is 164 cm³/mol. The van der Waals surface area contributed by atoms with E-state index >= 15 is 0 Å². The second-order valence-electron chi connectivity index (χ2n) is 10.4. The molecule has 0 aliphatic carbocycles. The summed E-state index contributed by atoms with van der Waals surface area (Å²) in [4.78, 5) is 16.7. The number of fused-ring (bicyclic) bond motifs is 1. The van der Waals surface area contributed by atoms with Crippen LogP contribution in [0, 0.1) is 12.8 Å². The molecule has 1 aromatic heterocycles. The van der Waals surface area contributed by atoms with Gasteiger partial charge in [0.25, 0.3) is 0 Å². The van der Waals surface area contributed by atoms with Gasteiger partial charge in [-0.1, -0.05) is 26.0 Å². The van der Waals surface area contributed by atoms with Crippen LogP contribution in [0.3, 0.4) is 0 Å². The third kappa shape index (κ3) is 9.54. The van der Waals surface area contributed by atoms with Gasteiger partial charge in [0.15, 0.2) is 11.5 Å². The van der Waals surface area contributed by atoms with Gasteiger partial charge in [0.05, 0.1) is 28.8 Å². The highest BCUT2D eigenvalue weighted by atomic mass is 35.5. The first-order valence-corrected chi connectivity index (χ1v) is 16.8. The zero-order valence-electron chi connectivity index (χ0n) is 24.5. The molecule has 0 radical (unpaired) electrons. The molecule has 1 aliphatic heterocycles. The Morgan fingerprint density at radius 1 is 1.09 bits per heavy atom. The van der Waals surface area contributed by atoms with E-state index in [1.54, 1.807) is 17.4 Å². The van der Waals surface area contributed by atoms with Crippen molar-refractivity contribution < 1.29 is 36.9 Å². The lowest BCUT2D eigenvalue weighted by molar-refractivity contribution is -0.149. The van der Waals surface area contributed by atoms with Crippen molar-refractivity contribution in [2.75, 3.05) is 45.6 Å². The van der Waals surface area contributed by atoms with Gasteiger partial charge in [-0.2, -0.15) is 4.31 Å². The Balaban J connectivity index is 1.52. The van der Waals surface area contributed by atoms with Gasteiger partial charge in [-0.15, -0.1) is 22.9 Å². The number of hydrogen-bond acceptors (Lipinski definition) is 10. The lowest BCUT2D eigenvalue weighted by atomic mass is 9.95. The molecule has 2 heterocycles. The van der Waals surface area contributed by atoms with Crippen molar-refractivity contribution in [3.05, 3.63) is 64.1 Å². The number of halogens is 1. The van der Waals surface area contributed by atoms with Crippen LogP contribution >= 0.6 is 22.9 Å². The summed E-state index contributed by atoms with van der Waals surface area (Å²) < 4.78 is 56.6. The van der Waals surface area contributed by atoms with Gasteiger partial charge in [-0.05, 0) is 49.1 Å². The summed E-state index contributed by atoms with van der Waals surface area (Å²) in [5.74, 6) is 1.13. The van der Waals surface area contributed by atoms with Crippen LogP contribution in [-0.2, 0) is 30.9 Å². The van der Waals surface area contributed by atoms with Gasteiger partial charge >= 0.3 is 5.97 Å². The van der Waals surface area contributed by atoms with Crippen LogP contribution < -0.4 is 14.2 Å². The molecule has 0 amide bonds. The van der Waals surface area contributed by atoms with Crippen molar-refractivity contribution in [2.45, 2.75) is 44.6 Å². The van der Waals surface area contributed by atoms with E-state index in [4.69, 9.17) is 35.3 Å². The van der Waals surface area contributed by atoms with E-state index in [0.717, 1.165) is 16.3 Å². The maximum Gasteiger partial charge on any atom is 0.332 e. The number of sulfonamides is 1. The second kappa shape index (κ2) is 15.7. The minimum Gasteiger partial charge on any atom is -0.487 e. The molecule has 0 N–H and O–H groups in total. The van der Waals surface area contributed by atoms with Crippen LogP contribution in [0.4, 0.5) is 0 Å². The molecule has 10 nitrogen and oxygen atoms in total. The molecule has 1 aliphatic rings. The van der Waals surface area contributed by atoms with Crippen LogP contribution in [0.2, 0.25) is 0 Å². The summed E-state index contributed by atoms with van der Waals surface area (Å²) >= 11 is 7.17. The Hall–Kier alpha value is -2.90. The lowest BCUT2D eigenvalue weighted by Crippen LogP contribution is -2.37. The van der Waals surface area contributed by atoms with Crippen LogP contribution in [0.5, 0.6) is 17.2 Å². The van der Waals surface area contributed by atoms with Crippen LogP contribution in [0.1, 0.15) is 42.5 Å². The van der Waals surface area contributed by atoms with Gasteiger partial charge < -0.3 is 23.7 Å². The number of carbonyl (C=O) groups excluding carboxylic acids is 1. The topological polar surface area (TPSA) is 113 Å². The summed E-state index contributed by atoms with van der Waals surface area (Å²) in [6.45, 7) is 6.90. The van der Waals surface area contributed by atoms with E-state index < -0.39 is 16.0 Å². The molecule has 234 valence electrons. The van der Waals surface area contributed by atoms with Crippen molar-refractivity contribution in [1.29, 1.82) is 0 Å². The normalized spacial score (nSPS) is 13.4. The maximum absolute atomic E-state index is 13.9. The smallest absolute Gasteiger partial charge is 0.332 e. The Morgan fingerprint density at radius 3 is 2.56 bits per heavy atom. The maximum atomic E-state index is 13.9.